The zero-order valence-electron chi connectivity index (χ0n) is 17.3. The number of amides is 2. The summed E-state index contributed by atoms with van der Waals surface area (Å²) in [6.07, 6.45) is 6.24. The Morgan fingerprint density at radius 1 is 1.10 bits per heavy atom. The van der Waals surface area contributed by atoms with E-state index >= 15 is 0 Å². The number of likely N-dealkylation sites (tertiary alicyclic amines) is 1. The fraction of sp³-hybridized carbons (Fsp3) is 0.652. The van der Waals surface area contributed by atoms with Crippen LogP contribution in [0.1, 0.15) is 50.1 Å². The number of morpholine rings is 1. The Morgan fingerprint density at radius 3 is 2.55 bits per heavy atom. The number of nitrogens with one attached hydrogen (secondary N) is 1. The topological polar surface area (TPSA) is 61.9 Å². The van der Waals surface area contributed by atoms with Crippen molar-refractivity contribution in [1.82, 2.24) is 15.1 Å². The van der Waals surface area contributed by atoms with Crippen molar-refractivity contribution in [2.24, 2.45) is 5.41 Å². The molecule has 2 aliphatic heterocycles. The van der Waals surface area contributed by atoms with Crippen molar-refractivity contribution in [3.05, 3.63) is 35.9 Å². The van der Waals surface area contributed by atoms with Gasteiger partial charge in [-0.25, -0.2) is 0 Å². The van der Waals surface area contributed by atoms with Crippen molar-refractivity contribution >= 4 is 11.8 Å². The molecule has 4 rings (SSSR count). The monoisotopic (exact) mass is 399 g/mol. The van der Waals surface area contributed by atoms with Gasteiger partial charge in [-0.15, -0.1) is 0 Å². The maximum absolute atomic E-state index is 13.1. The average Bonchev–Trinajstić information content (AvgIpc) is 2.78. The molecular formula is C23H33N3O3. The van der Waals surface area contributed by atoms with Crippen LogP contribution in [0.5, 0.6) is 0 Å². The van der Waals surface area contributed by atoms with E-state index in [1.165, 1.54) is 6.42 Å². The predicted octanol–water partition coefficient (Wildman–Crippen LogP) is 2.36. The molecule has 1 saturated carbocycles. The molecule has 3 fully saturated rings. The quantitative estimate of drug-likeness (QED) is 0.565. The molecule has 29 heavy (non-hydrogen) atoms. The first-order valence-electron chi connectivity index (χ1n) is 11.1. The highest BCUT2D eigenvalue weighted by atomic mass is 16.5. The second-order valence-corrected chi connectivity index (χ2v) is 8.62. The van der Waals surface area contributed by atoms with Crippen molar-refractivity contribution in [2.75, 3.05) is 45.9 Å². The highest BCUT2D eigenvalue weighted by Crippen LogP contribution is 2.57. The fourth-order valence-electron chi connectivity index (χ4n) is 5.29. The lowest BCUT2D eigenvalue weighted by Crippen LogP contribution is -2.65. The molecule has 1 aliphatic carbocycles. The maximum atomic E-state index is 13.1. The number of carbonyl (C=O) groups excluding carboxylic acids is 2. The van der Waals surface area contributed by atoms with E-state index in [-0.39, 0.29) is 29.8 Å². The Balaban J connectivity index is 1.32. The van der Waals surface area contributed by atoms with Crippen LogP contribution in [0.2, 0.25) is 0 Å². The molecule has 0 radical (unpaired) electrons. The van der Waals surface area contributed by atoms with Gasteiger partial charge in [0.15, 0.2) is 0 Å². The average molecular weight is 400 g/mol. The van der Waals surface area contributed by atoms with E-state index in [1.807, 2.05) is 18.2 Å². The van der Waals surface area contributed by atoms with E-state index in [1.54, 1.807) is 4.90 Å². The number of nitrogens with zero attached hydrogens (tertiary/aromatic N) is 2. The summed E-state index contributed by atoms with van der Waals surface area (Å²) in [5.74, 6) is 0.126. The third kappa shape index (κ3) is 4.33. The summed E-state index contributed by atoms with van der Waals surface area (Å²) in [4.78, 5) is 29.8. The summed E-state index contributed by atoms with van der Waals surface area (Å²) in [5, 5.41) is 3.01. The van der Waals surface area contributed by atoms with Crippen LogP contribution in [0.15, 0.2) is 30.3 Å². The Morgan fingerprint density at radius 2 is 1.83 bits per heavy atom. The minimum atomic E-state index is -0.282. The third-order valence-electron chi connectivity index (χ3n) is 6.77. The van der Waals surface area contributed by atoms with E-state index < -0.39 is 0 Å². The first-order chi connectivity index (χ1) is 14.2. The summed E-state index contributed by atoms with van der Waals surface area (Å²) in [7, 11) is 0. The van der Waals surface area contributed by atoms with Crippen LogP contribution in [0.25, 0.3) is 0 Å². The molecule has 1 aromatic carbocycles. The maximum Gasteiger partial charge on any atom is 0.239 e. The number of rotatable bonds is 7. The first-order valence-corrected chi connectivity index (χ1v) is 11.1. The van der Waals surface area contributed by atoms with Crippen LogP contribution < -0.4 is 5.32 Å². The SMILES string of the molecule is O=C(CN1C(=O)C2(CCCCC2)C1c1ccccc1)NCCCN1CCOCC1. The molecule has 158 valence electrons. The normalized spacial score (nSPS) is 24.3. The molecule has 1 aromatic rings. The Kier molecular flexibility index (Phi) is 6.50. The zero-order chi connectivity index (χ0) is 20.1. The summed E-state index contributed by atoms with van der Waals surface area (Å²) < 4.78 is 5.36. The molecule has 3 aliphatic rings. The van der Waals surface area contributed by atoms with Gasteiger partial charge in [-0.05, 0) is 31.4 Å². The molecule has 0 bridgehead atoms. The number of carbonyl (C=O) groups is 2. The van der Waals surface area contributed by atoms with E-state index in [4.69, 9.17) is 4.74 Å². The van der Waals surface area contributed by atoms with E-state index in [0.29, 0.717) is 6.54 Å². The molecule has 6 heteroatoms. The van der Waals surface area contributed by atoms with E-state index in [9.17, 15) is 9.59 Å². The van der Waals surface area contributed by atoms with Gasteiger partial charge < -0.3 is 15.0 Å². The van der Waals surface area contributed by atoms with Gasteiger partial charge in [-0.3, -0.25) is 14.5 Å². The minimum Gasteiger partial charge on any atom is -0.379 e. The molecule has 2 saturated heterocycles. The van der Waals surface area contributed by atoms with Crippen molar-refractivity contribution < 1.29 is 14.3 Å². The molecule has 1 atom stereocenters. The van der Waals surface area contributed by atoms with Crippen LogP contribution in [0.4, 0.5) is 0 Å². The molecular weight excluding hydrogens is 366 g/mol. The number of hydrogen-bond acceptors (Lipinski definition) is 4. The van der Waals surface area contributed by atoms with E-state index in [0.717, 1.165) is 70.5 Å². The standard InChI is InChI=1S/C23H33N3O3/c27-20(24-12-7-13-25-14-16-29-17-15-25)18-26-21(19-8-3-1-4-9-19)23(22(26)28)10-5-2-6-11-23/h1,3-4,8-9,21H,2,5-7,10-18H2,(H,24,27). The van der Waals surface area contributed by atoms with Gasteiger partial charge in [0, 0.05) is 19.6 Å². The second kappa shape index (κ2) is 9.26. The lowest BCUT2D eigenvalue weighted by Gasteiger charge is -2.58. The van der Waals surface area contributed by atoms with Gasteiger partial charge in [0.1, 0.15) is 6.54 Å². The molecule has 2 heterocycles. The third-order valence-corrected chi connectivity index (χ3v) is 6.77. The summed E-state index contributed by atoms with van der Waals surface area (Å²) >= 11 is 0. The van der Waals surface area contributed by atoms with E-state index in [2.05, 4.69) is 22.3 Å². The van der Waals surface area contributed by atoms with Crippen molar-refractivity contribution in [2.45, 2.75) is 44.6 Å². The van der Waals surface area contributed by atoms with Gasteiger partial charge >= 0.3 is 0 Å². The summed E-state index contributed by atoms with van der Waals surface area (Å²) in [6.45, 7) is 5.32. The van der Waals surface area contributed by atoms with Crippen LogP contribution in [0.3, 0.4) is 0 Å². The van der Waals surface area contributed by atoms with Crippen molar-refractivity contribution in [1.29, 1.82) is 0 Å². The van der Waals surface area contributed by atoms with Gasteiger partial charge in [0.2, 0.25) is 11.8 Å². The molecule has 1 unspecified atom stereocenters. The number of β-lactam (4-membered cyclic amide) rings is 1. The highest BCUT2D eigenvalue weighted by molar-refractivity contribution is 5.94. The lowest BCUT2D eigenvalue weighted by molar-refractivity contribution is -0.180. The predicted molar refractivity (Wildman–Crippen MR) is 111 cm³/mol. The molecule has 6 nitrogen and oxygen atoms in total. The van der Waals surface area contributed by atoms with Gasteiger partial charge in [0.05, 0.1) is 24.7 Å². The second-order valence-electron chi connectivity index (χ2n) is 8.62. The van der Waals surface area contributed by atoms with Crippen LogP contribution in [-0.4, -0.2) is 67.6 Å². The van der Waals surface area contributed by atoms with Crippen LogP contribution in [-0.2, 0) is 14.3 Å². The zero-order valence-corrected chi connectivity index (χ0v) is 17.3. The van der Waals surface area contributed by atoms with Gasteiger partial charge in [-0.2, -0.15) is 0 Å². The Labute approximate surface area is 173 Å². The largest absolute Gasteiger partial charge is 0.379 e. The number of benzene rings is 1. The minimum absolute atomic E-state index is 0.0376. The van der Waals surface area contributed by atoms with Crippen molar-refractivity contribution in [3.8, 4) is 0 Å². The Bertz CT molecular complexity index is 697. The van der Waals surface area contributed by atoms with Crippen LogP contribution >= 0.6 is 0 Å². The summed E-state index contributed by atoms with van der Waals surface area (Å²) in [6, 6.07) is 10.3. The van der Waals surface area contributed by atoms with Gasteiger partial charge in [-0.1, -0.05) is 49.6 Å². The molecule has 1 spiro atoms. The Hall–Kier alpha value is -1.92. The van der Waals surface area contributed by atoms with Crippen LogP contribution in [0, 0.1) is 5.41 Å². The molecule has 2 amide bonds. The highest BCUT2D eigenvalue weighted by Gasteiger charge is 2.60. The van der Waals surface area contributed by atoms with Gasteiger partial charge in [0.25, 0.3) is 0 Å². The van der Waals surface area contributed by atoms with Crippen molar-refractivity contribution in [3.63, 3.8) is 0 Å². The first kappa shape index (κ1) is 20.4. The smallest absolute Gasteiger partial charge is 0.239 e. The molecule has 0 aromatic heterocycles. The molecule has 1 N–H and O–H groups in total. The summed E-state index contributed by atoms with van der Waals surface area (Å²) in [5.41, 5.74) is 0.880. The number of hydrogen-bond donors (Lipinski definition) is 1. The number of ether oxygens (including phenoxy) is 1. The fourth-order valence-corrected chi connectivity index (χ4v) is 5.29. The lowest BCUT2D eigenvalue weighted by atomic mass is 9.60.